The Balaban J connectivity index is 3.01. The Hall–Kier alpha value is -1.73. The van der Waals surface area contributed by atoms with Crippen molar-refractivity contribution in [2.45, 2.75) is 25.6 Å². The number of oxime groups is 1. The van der Waals surface area contributed by atoms with E-state index in [1.54, 1.807) is 6.92 Å². The Morgan fingerprint density at radius 2 is 2.31 bits per heavy atom. The van der Waals surface area contributed by atoms with E-state index < -0.39 is 17.8 Å². The zero-order valence-corrected chi connectivity index (χ0v) is 8.44. The van der Waals surface area contributed by atoms with E-state index in [1.807, 2.05) is 0 Å². The summed E-state index contributed by atoms with van der Waals surface area (Å²) in [6, 6.07) is -0.680. The minimum Gasteiger partial charge on any atom is -0.409 e. The molecule has 0 aliphatic carbocycles. The normalized spacial score (nSPS) is 15.1. The molecular weight excluding hydrogens is 225 g/mol. The molecule has 0 fully saturated rings. The first-order chi connectivity index (χ1) is 7.40. The van der Waals surface area contributed by atoms with E-state index in [-0.39, 0.29) is 5.84 Å². The first-order valence-electron chi connectivity index (χ1n) is 4.49. The molecule has 0 spiro atoms. The van der Waals surface area contributed by atoms with Gasteiger partial charge < -0.3 is 10.9 Å². The molecule has 1 aromatic heterocycles. The molecule has 1 rings (SSSR count). The van der Waals surface area contributed by atoms with Crippen molar-refractivity contribution < 1.29 is 18.4 Å². The average molecular weight is 236 g/mol. The highest BCUT2D eigenvalue weighted by Gasteiger charge is 2.33. The molecule has 0 radical (unpaired) electrons. The fraction of sp³-hybridized carbons (Fsp3) is 0.500. The fourth-order valence-electron chi connectivity index (χ4n) is 1.25. The largest absolute Gasteiger partial charge is 0.419 e. The highest BCUT2D eigenvalue weighted by atomic mass is 19.4. The predicted octanol–water partition coefficient (Wildman–Crippen LogP) is 1.60. The first kappa shape index (κ1) is 12.3. The molecule has 0 aliphatic rings. The summed E-state index contributed by atoms with van der Waals surface area (Å²) in [6.45, 7) is 1.69. The van der Waals surface area contributed by atoms with Crippen molar-refractivity contribution in [3.8, 4) is 0 Å². The van der Waals surface area contributed by atoms with E-state index in [0.717, 1.165) is 10.9 Å². The number of halogens is 3. The van der Waals surface area contributed by atoms with Crippen LogP contribution in [0, 0.1) is 0 Å². The minimum absolute atomic E-state index is 0.181. The number of amidine groups is 1. The van der Waals surface area contributed by atoms with Crippen molar-refractivity contribution >= 4 is 5.84 Å². The molecule has 0 bridgehead atoms. The molecule has 90 valence electrons. The summed E-state index contributed by atoms with van der Waals surface area (Å²) in [5.41, 5.74) is 4.47. The van der Waals surface area contributed by atoms with Crippen LogP contribution in [-0.4, -0.2) is 20.8 Å². The summed E-state index contributed by atoms with van der Waals surface area (Å²) >= 11 is 0. The van der Waals surface area contributed by atoms with Crippen LogP contribution in [0.5, 0.6) is 0 Å². The molecule has 1 atom stereocenters. The Morgan fingerprint density at radius 1 is 1.69 bits per heavy atom. The van der Waals surface area contributed by atoms with Crippen LogP contribution in [0.25, 0.3) is 0 Å². The summed E-state index contributed by atoms with van der Waals surface area (Å²) < 4.78 is 37.9. The molecule has 0 amide bonds. The topological polar surface area (TPSA) is 76.4 Å². The third kappa shape index (κ3) is 2.44. The third-order valence-corrected chi connectivity index (χ3v) is 2.09. The van der Waals surface area contributed by atoms with Gasteiger partial charge in [-0.25, -0.2) is 0 Å². The molecule has 8 heteroatoms. The third-order valence-electron chi connectivity index (χ3n) is 2.09. The van der Waals surface area contributed by atoms with Gasteiger partial charge in [0.1, 0.15) is 6.04 Å². The van der Waals surface area contributed by atoms with Crippen LogP contribution in [0.2, 0.25) is 0 Å². The zero-order chi connectivity index (χ0) is 12.3. The van der Waals surface area contributed by atoms with Crippen LogP contribution in [0.1, 0.15) is 24.9 Å². The van der Waals surface area contributed by atoms with Crippen molar-refractivity contribution in [2.75, 3.05) is 0 Å². The minimum atomic E-state index is -4.44. The second kappa shape index (κ2) is 4.42. The molecule has 0 aromatic carbocycles. The van der Waals surface area contributed by atoms with Crippen LogP contribution in [0.15, 0.2) is 17.5 Å². The van der Waals surface area contributed by atoms with Crippen molar-refractivity contribution in [2.24, 2.45) is 10.9 Å². The van der Waals surface area contributed by atoms with Crippen LogP contribution in [0.3, 0.4) is 0 Å². The Morgan fingerprint density at radius 3 is 2.69 bits per heavy atom. The number of nitrogens with two attached hydrogens (primary N) is 1. The van der Waals surface area contributed by atoms with Gasteiger partial charge in [0.15, 0.2) is 5.84 Å². The Kier molecular flexibility index (Phi) is 3.41. The van der Waals surface area contributed by atoms with E-state index in [4.69, 9.17) is 10.9 Å². The monoisotopic (exact) mass is 236 g/mol. The first-order valence-corrected chi connectivity index (χ1v) is 4.49. The maximum atomic E-state index is 12.3. The van der Waals surface area contributed by atoms with E-state index in [9.17, 15) is 13.2 Å². The summed E-state index contributed by atoms with van der Waals surface area (Å²) in [4.78, 5) is 0. The summed E-state index contributed by atoms with van der Waals surface area (Å²) in [5, 5.41) is 14.8. The molecule has 5 nitrogen and oxygen atoms in total. The fourth-order valence-corrected chi connectivity index (χ4v) is 1.25. The summed E-state index contributed by atoms with van der Waals surface area (Å²) in [7, 11) is 0. The lowest BCUT2D eigenvalue weighted by Crippen LogP contribution is -2.26. The van der Waals surface area contributed by atoms with E-state index >= 15 is 0 Å². The van der Waals surface area contributed by atoms with Crippen molar-refractivity contribution in [3.05, 3.63) is 18.0 Å². The maximum absolute atomic E-state index is 12.3. The maximum Gasteiger partial charge on any atom is 0.419 e. The van der Waals surface area contributed by atoms with Crippen molar-refractivity contribution in [1.82, 2.24) is 9.78 Å². The number of rotatable bonds is 3. The molecule has 0 saturated heterocycles. The van der Waals surface area contributed by atoms with Crippen LogP contribution >= 0.6 is 0 Å². The van der Waals surface area contributed by atoms with Crippen LogP contribution < -0.4 is 5.73 Å². The van der Waals surface area contributed by atoms with Gasteiger partial charge in [-0.3, -0.25) is 4.68 Å². The molecule has 3 N–H and O–H groups in total. The zero-order valence-electron chi connectivity index (χ0n) is 8.44. The molecule has 1 unspecified atom stereocenters. The second-order valence-corrected chi connectivity index (χ2v) is 3.16. The van der Waals surface area contributed by atoms with Gasteiger partial charge in [0.25, 0.3) is 0 Å². The van der Waals surface area contributed by atoms with Crippen molar-refractivity contribution in [3.63, 3.8) is 0 Å². The van der Waals surface area contributed by atoms with Gasteiger partial charge in [-0.1, -0.05) is 12.1 Å². The van der Waals surface area contributed by atoms with Gasteiger partial charge in [0.05, 0.1) is 11.8 Å². The Bertz CT molecular complexity index is 385. The molecular formula is C8H11F3N4O. The highest BCUT2D eigenvalue weighted by molar-refractivity contribution is 5.83. The SMILES string of the molecule is CCC(C(N)=NO)n1cc(C(F)(F)F)cn1. The van der Waals surface area contributed by atoms with E-state index in [1.165, 1.54) is 0 Å². The lowest BCUT2D eigenvalue weighted by molar-refractivity contribution is -0.137. The Labute approximate surface area is 89.3 Å². The molecule has 1 heterocycles. The van der Waals surface area contributed by atoms with Gasteiger partial charge in [-0.2, -0.15) is 18.3 Å². The number of aromatic nitrogens is 2. The predicted molar refractivity (Wildman–Crippen MR) is 50.0 cm³/mol. The number of nitrogens with zero attached hydrogens (tertiary/aromatic N) is 3. The van der Waals surface area contributed by atoms with E-state index in [2.05, 4.69) is 10.3 Å². The lowest BCUT2D eigenvalue weighted by Gasteiger charge is -2.13. The van der Waals surface area contributed by atoms with E-state index in [0.29, 0.717) is 12.6 Å². The van der Waals surface area contributed by atoms with Gasteiger partial charge in [-0.15, -0.1) is 0 Å². The molecule has 0 saturated carbocycles. The van der Waals surface area contributed by atoms with Gasteiger partial charge in [-0.05, 0) is 6.42 Å². The molecule has 0 aliphatic heterocycles. The second-order valence-electron chi connectivity index (χ2n) is 3.16. The van der Waals surface area contributed by atoms with Gasteiger partial charge in [0.2, 0.25) is 0 Å². The van der Waals surface area contributed by atoms with Gasteiger partial charge >= 0.3 is 6.18 Å². The summed E-state index contributed by atoms with van der Waals surface area (Å²) in [6.07, 6.45) is -2.55. The van der Waals surface area contributed by atoms with Crippen molar-refractivity contribution in [1.29, 1.82) is 0 Å². The molecule has 16 heavy (non-hydrogen) atoms. The highest BCUT2D eigenvalue weighted by Crippen LogP contribution is 2.29. The van der Waals surface area contributed by atoms with Gasteiger partial charge in [0, 0.05) is 6.20 Å². The van der Waals surface area contributed by atoms with Crippen LogP contribution in [-0.2, 0) is 6.18 Å². The standard InChI is InChI=1S/C8H11F3N4O/c1-2-6(7(12)14-16)15-4-5(3-13-15)8(9,10)11/h3-4,6,16H,2H2,1H3,(H2,12,14). The quantitative estimate of drug-likeness (QED) is 0.362. The average Bonchev–Trinajstić information content (AvgIpc) is 2.67. The summed E-state index contributed by atoms with van der Waals surface area (Å²) in [5.74, 6) is -0.181. The number of hydrogen-bond donors (Lipinski definition) is 2. The molecule has 1 aromatic rings. The smallest absolute Gasteiger partial charge is 0.409 e. The lowest BCUT2D eigenvalue weighted by atomic mass is 10.2. The van der Waals surface area contributed by atoms with Crippen LogP contribution in [0.4, 0.5) is 13.2 Å². The number of alkyl halides is 3. The number of hydrogen-bond acceptors (Lipinski definition) is 3.